The minimum Gasteiger partial charge on any atom is -0.493 e. The number of carbonyl (C=O) groups is 1. The van der Waals surface area contributed by atoms with Gasteiger partial charge in [0.15, 0.2) is 0 Å². The predicted molar refractivity (Wildman–Crippen MR) is 133 cm³/mol. The van der Waals surface area contributed by atoms with Crippen LogP contribution in [0.4, 0.5) is 0 Å². The van der Waals surface area contributed by atoms with E-state index >= 15 is 0 Å². The smallest absolute Gasteiger partial charge is 0.320 e. The Kier molecular flexibility index (Phi) is 10.2. The molecular formula is C27H31ClN2O4. The SMILES string of the molecule is CCOC(=O)CN(COc1ccc(Cl)cc1)Cc1cccc(OCCc2ccc(CC)cn2)c1. The molecule has 1 heterocycles. The fourth-order valence-corrected chi connectivity index (χ4v) is 3.44. The van der Waals surface area contributed by atoms with Crippen LogP contribution in [0.3, 0.4) is 0 Å². The number of esters is 1. The third-order valence-electron chi connectivity index (χ3n) is 5.11. The van der Waals surface area contributed by atoms with Crippen LogP contribution in [0, 0.1) is 0 Å². The second kappa shape index (κ2) is 13.6. The van der Waals surface area contributed by atoms with Gasteiger partial charge in [-0.1, -0.05) is 36.7 Å². The van der Waals surface area contributed by atoms with E-state index in [2.05, 4.69) is 18.0 Å². The fourth-order valence-electron chi connectivity index (χ4n) is 3.31. The van der Waals surface area contributed by atoms with E-state index in [9.17, 15) is 4.79 Å². The monoisotopic (exact) mass is 482 g/mol. The summed E-state index contributed by atoms with van der Waals surface area (Å²) in [7, 11) is 0. The molecule has 0 aliphatic rings. The summed E-state index contributed by atoms with van der Waals surface area (Å²) in [5.74, 6) is 1.16. The first-order valence-electron chi connectivity index (χ1n) is 11.5. The lowest BCUT2D eigenvalue weighted by Gasteiger charge is -2.22. The number of benzene rings is 2. The number of halogens is 1. The summed E-state index contributed by atoms with van der Waals surface area (Å²) in [5.41, 5.74) is 3.24. The molecule has 0 spiro atoms. The van der Waals surface area contributed by atoms with Gasteiger partial charge in [0, 0.05) is 29.9 Å². The number of hydrogen-bond donors (Lipinski definition) is 0. The average molecular weight is 483 g/mol. The summed E-state index contributed by atoms with van der Waals surface area (Å²) in [6.07, 6.45) is 3.63. The normalized spacial score (nSPS) is 10.8. The first kappa shape index (κ1) is 25.5. The molecule has 0 N–H and O–H groups in total. The van der Waals surface area contributed by atoms with E-state index in [1.54, 1.807) is 31.2 Å². The number of ether oxygens (including phenoxy) is 3. The third-order valence-corrected chi connectivity index (χ3v) is 5.36. The number of hydrogen-bond acceptors (Lipinski definition) is 6. The van der Waals surface area contributed by atoms with Crippen molar-refractivity contribution in [3.8, 4) is 11.5 Å². The predicted octanol–water partition coefficient (Wildman–Crippen LogP) is 5.32. The second-order valence-corrected chi connectivity index (χ2v) is 8.21. The molecule has 0 amide bonds. The Bertz CT molecular complexity index is 1030. The maximum Gasteiger partial charge on any atom is 0.320 e. The van der Waals surface area contributed by atoms with Gasteiger partial charge < -0.3 is 14.2 Å². The van der Waals surface area contributed by atoms with Gasteiger partial charge in [0.05, 0.1) is 19.8 Å². The van der Waals surface area contributed by atoms with E-state index in [0.717, 1.165) is 29.8 Å². The zero-order valence-electron chi connectivity index (χ0n) is 19.7. The Labute approximate surface area is 206 Å². The van der Waals surface area contributed by atoms with E-state index in [-0.39, 0.29) is 19.2 Å². The van der Waals surface area contributed by atoms with Crippen molar-refractivity contribution >= 4 is 17.6 Å². The molecule has 7 heteroatoms. The number of aryl methyl sites for hydroxylation is 1. The van der Waals surface area contributed by atoms with Crippen LogP contribution in [0.2, 0.25) is 5.02 Å². The van der Waals surface area contributed by atoms with E-state index in [1.807, 2.05) is 41.4 Å². The highest BCUT2D eigenvalue weighted by molar-refractivity contribution is 6.30. The van der Waals surface area contributed by atoms with Crippen molar-refractivity contribution in [2.75, 3.05) is 26.5 Å². The molecule has 0 aliphatic heterocycles. The van der Waals surface area contributed by atoms with Crippen LogP contribution in [0.5, 0.6) is 11.5 Å². The molecule has 0 aliphatic carbocycles. The van der Waals surface area contributed by atoms with Crippen LogP contribution in [-0.4, -0.2) is 42.3 Å². The molecule has 0 saturated carbocycles. The Balaban J connectivity index is 1.57. The van der Waals surface area contributed by atoms with Crippen molar-refractivity contribution < 1.29 is 19.0 Å². The highest BCUT2D eigenvalue weighted by Crippen LogP contribution is 2.18. The van der Waals surface area contributed by atoms with Gasteiger partial charge in [0.25, 0.3) is 0 Å². The fraction of sp³-hybridized carbons (Fsp3) is 0.333. The van der Waals surface area contributed by atoms with E-state index in [0.29, 0.717) is 30.5 Å². The Morgan fingerprint density at radius 1 is 0.971 bits per heavy atom. The number of nitrogens with zero attached hydrogens (tertiary/aromatic N) is 2. The molecule has 0 unspecified atom stereocenters. The standard InChI is InChI=1S/C27H31ClN2O4/c1-3-21-8-11-24(29-17-21)14-15-33-26-7-5-6-22(16-26)18-30(19-27(31)32-4-2)20-34-25-12-9-23(28)10-13-25/h5-13,16-17H,3-4,14-15,18-20H2,1-2H3. The average Bonchev–Trinajstić information content (AvgIpc) is 2.84. The van der Waals surface area contributed by atoms with Crippen LogP contribution >= 0.6 is 11.6 Å². The van der Waals surface area contributed by atoms with Crippen LogP contribution in [0.1, 0.15) is 30.7 Å². The molecule has 0 saturated heterocycles. The number of rotatable bonds is 13. The molecule has 0 radical (unpaired) electrons. The molecule has 34 heavy (non-hydrogen) atoms. The van der Waals surface area contributed by atoms with Gasteiger partial charge in [-0.05, 0) is 66.9 Å². The van der Waals surface area contributed by atoms with Gasteiger partial charge >= 0.3 is 5.97 Å². The number of carbonyl (C=O) groups excluding carboxylic acids is 1. The molecule has 180 valence electrons. The van der Waals surface area contributed by atoms with Gasteiger partial charge in [0.2, 0.25) is 0 Å². The van der Waals surface area contributed by atoms with E-state index in [1.165, 1.54) is 5.56 Å². The minimum atomic E-state index is -0.295. The molecule has 0 atom stereocenters. The lowest BCUT2D eigenvalue weighted by Crippen LogP contribution is -2.33. The summed E-state index contributed by atoms with van der Waals surface area (Å²) >= 11 is 5.94. The lowest BCUT2D eigenvalue weighted by atomic mass is 10.2. The molecule has 1 aromatic heterocycles. The third kappa shape index (κ3) is 8.69. The van der Waals surface area contributed by atoms with Gasteiger partial charge in [-0.25, -0.2) is 0 Å². The van der Waals surface area contributed by atoms with Crippen molar-refractivity contribution in [1.29, 1.82) is 0 Å². The second-order valence-electron chi connectivity index (χ2n) is 7.78. The van der Waals surface area contributed by atoms with Gasteiger partial charge in [-0.15, -0.1) is 0 Å². The summed E-state index contributed by atoms with van der Waals surface area (Å²) in [4.78, 5) is 18.5. The number of aromatic nitrogens is 1. The summed E-state index contributed by atoms with van der Waals surface area (Å²) in [6.45, 7) is 5.63. The van der Waals surface area contributed by atoms with Crippen LogP contribution < -0.4 is 9.47 Å². The maximum atomic E-state index is 12.1. The van der Waals surface area contributed by atoms with Crippen molar-refractivity contribution in [3.05, 3.63) is 88.7 Å². The molecule has 0 bridgehead atoms. The minimum absolute atomic E-state index is 0.117. The Morgan fingerprint density at radius 3 is 2.50 bits per heavy atom. The van der Waals surface area contributed by atoms with Gasteiger partial charge in [-0.3, -0.25) is 14.7 Å². The van der Waals surface area contributed by atoms with Crippen LogP contribution in [0.25, 0.3) is 0 Å². The topological polar surface area (TPSA) is 60.9 Å². The van der Waals surface area contributed by atoms with Crippen LogP contribution in [0.15, 0.2) is 66.9 Å². The first-order valence-corrected chi connectivity index (χ1v) is 11.9. The zero-order valence-corrected chi connectivity index (χ0v) is 20.5. The van der Waals surface area contributed by atoms with Crippen molar-refractivity contribution in [3.63, 3.8) is 0 Å². The first-order chi connectivity index (χ1) is 16.6. The molecule has 3 aromatic rings. The van der Waals surface area contributed by atoms with Crippen molar-refractivity contribution in [2.24, 2.45) is 0 Å². The quantitative estimate of drug-likeness (QED) is 0.243. The summed E-state index contributed by atoms with van der Waals surface area (Å²) in [5, 5.41) is 0.640. The molecule has 6 nitrogen and oxygen atoms in total. The summed E-state index contributed by atoms with van der Waals surface area (Å²) in [6, 6.07) is 19.1. The Hall–Kier alpha value is -3.09. The van der Waals surface area contributed by atoms with Crippen molar-refractivity contribution in [2.45, 2.75) is 33.2 Å². The molecular weight excluding hydrogens is 452 g/mol. The highest BCUT2D eigenvalue weighted by atomic mass is 35.5. The van der Waals surface area contributed by atoms with Gasteiger partial charge in [-0.2, -0.15) is 0 Å². The van der Waals surface area contributed by atoms with Gasteiger partial charge in [0.1, 0.15) is 18.2 Å². The Morgan fingerprint density at radius 2 is 1.79 bits per heavy atom. The summed E-state index contributed by atoms with van der Waals surface area (Å²) < 4.78 is 16.9. The van der Waals surface area contributed by atoms with E-state index < -0.39 is 0 Å². The van der Waals surface area contributed by atoms with Crippen molar-refractivity contribution in [1.82, 2.24) is 9.88 Å². The van der Waals surface area contributed by atoms with E-state index in [4.69, 9.17) is 25.8 Å². The molecule has 0 fully saturated rings. The molecule has 2 aromatic carbocycles. The largest absolute Gasteiger partial charge is 0.493 e. The molecule has 3 rings (SSSR count). The lowest BCUT2D eigenvalue weighted by molar-refractivity contribution is -0.145. The van der Waals surface area contributed by atoms with Crippen LogP contribution in [-0.2, 0) is 28.9 Å². The highest BCUT2D eigenvalue weighted by Gasteiger charge is 2.14. The maximum absolute atomic E-state index is 12.1. The zero-order chi connectivity index (χ0) is 24.2. The number of pyridine rings is 1.